The van der Waals surface area contributed by atoms with Gasteiger partial charge in [0.25, 0.3) is 5.91 Å². The van der Waals surface area contributed by atoms with Gasteiger partial charge in [-0.1, -0.05) is 32.0 Å². The van der Waals surface area contributed by atoms with Crippen LogP contribution in [0.5, 0.6) is 5.75 Å². The Labute approximate surface area is 160 Å². The van der Waals surface area contributed by atoms with Crippen molar-refractivity contribution in [3.63, 3.8) is 0 Å². The Morgan fingerprint density at radius 1 is 1.19 bits per heavy atom. The number of carbonyl (C=O) groups is 1. The molecule has 2 aromatic carbocycles. The molecule has 5 nitrogen and oxygen atoms in total. The van der Waals surface area contributed by atoms with Crippen molar-refractivity contribution >= 4 is 16.9 Å². The molecule has 1 heterocycles. The van der Waals surface area contributed by atoms with Crippen LogP contribution < -0.4 is 10.1 Å². The third-order valence-corrected chi connectivity index (χ3v) is 4.37. The van der Waals surface area contributed by atoms with Crippen LogP contribution in [0.25, 0.3) is 11.0 Å². The maximum atomic E-state index is 12.4. The van der Waals surface area contributed by atoms with E-state index in [1.807, 2.05) is 43.3 Å². The molecule has 0 aliphatic carbocycles. The number of nitrogens with one attached hydrogen (secondary N) is 1. The first-order valence-corrected chi connectivity index (χ1v) is 9.47. The molecule has 27 heavy (non-hydrogen) atoms. The predicted octanol–water partition coefficient (Wildman–Crippen LogP) is 4.20. The van der Waals surface area contributed by atoms with Gasteiger partial charge in [0.1, 0.15) is 11.6 Å². The molecule has 0 bridgehead atoms. The highest BCUT2D eigenvalue weighted by molar-refractivity contribution is 5.94. The Hall–Kier alpha value is -2.82. The fourth-order valence-corrected chi connectivity index (χ4v) is 3.01. The lowest BCUT2D eigenvalue weighted by atomic mass is 10.2. The van der Waals surface area contributed by atoms with Crippen LogP contribution in [0.4, 0.5) is 0 Å². The summed E-state index contributed by atoms with van der Waals surface area (Å²) in [5.41, 5.74) is 2.77. The van der Waals surface area contributed by atoms with Gasteiger partial charge in [-0.25, -0.2) is 4.98 Å². The van der Waals surface area contributed by atoms with Gasteiger partial charge in [-0.3, -0.25) is 4.79 Å². The summed E-state index contributed by atoms with van der Waals surface area (Å²) in [5, 5.41) is 2.99. The molecule has 142 valence electrons. The highest BCUT2D eigenvalue weighted by Gasteiger charge is 2.08. The quantitative estimate of drug-likeness (QED) is 0.609. The van der Waals surface area contributed by atoms with Gasteiger partial charge in [0.2, 0.25) is 0 Å². The molecule has 3 aromatic rings. The van der Waals surface area contributed by atoms with E-state index in [0.717, 1.165) is 35.6 Å². The van der Waals surface area contributed by atoms with E-state index in [-0.39, 0.29) is 5.91 Å². The van der Waals surface area contributed by atoms with Crippen LogP contribution in [0.15, 0.2) is 48.5 Å². The van der Waals surface area contributed by atoms with Crippen LogP contribution in [0.3, 0.4) is 0 Å². The number of hydrogen-bond acceptors (Lipinski definition) is 3. The number of amides is 1. The molecule has 1 aromatic heterocycles. The molecule has 0 atom stereocenters. The van der Waals surface area contributed by atoms with Crippen LogP contribution in [-0.4, -0.2) is 28.6 Å². The smallest absolute Gasteiger partial charge is 0.251 e. The molecule has 5 heteroatoms. The normalized spacial score (nSPS) is 11.1. The molecule has 3 rings (SSSR count). The number of nitrogens with zero attached hydrogens (tertiary/aromatic N) is 2. The van der Waals surface area contributed by atoms with Crippen molar-refractivity contribution < 1.29 is 9.53 Å². The Kier molecular flexibility index (Phi) is 6.12. The summed E-state index contributed by atoms with van der Waals surface area (Å²) in [7, 11) is 0. The van der Waals surface area contributed by atoms with Crippen molar-refractivity contribution in [1.29, 1.82) is 0 Å². The summed E-state index contributed by atoms with van der Waals surface area (Å²) < 4.78 is 7.89. The predicted molar refractivity (Wildman–Crippen MR) is 108 cm³/mol. The lowest BCUT2D eigenvalue weighted by Gasteiger charge is -2.11. The Balaban J connectivity index is 1.52. The van der Waals surface area contributed by atoms with Crippen molar-refractivity contribution in [2.45, 2.75) is 33.7 Å². The standard InChI is InChI=1S/C22H27N3O2/c1-16(2)15-27-19-9-6-8-18(14-19)22(26)23-12-7-13-25-17(3)24-20-10-4-5-11-21(20)25/h4-6,8-11,14,16H,7,12-13,15H2,1-3H3,(H,23,26). The zero-order valence-electron chi connectivity index (χ0n) is 16.2. The average molecular weight is 365 g/mol. The number of carbonyl (C=O) groups excluding carboxylic acids is 1. The lowest BCUT2D eigenvalue weighted by molar-refractivity contribution is 0.0952. The van der Waals surface area contributed by atoms with E-state index in [1.54, 1.807) is 6.07 Å². The van der Waals surface area contributed by atoms with Crippen LogP contribution in [0.2, 0.25) is 0 Å². The third kappa shape index (κ3) is 4.88. The van der Waals surface area contributed by atoms with Gasteiger partial charge in [-0.2, -0.15) is 0 Å². The second kappa shape index (κ2) is 8.71. The minimum Gasteiger partial charge on any atom is -0.493 e. The third-order valence-electron chi connectivity index (χ3n) is 4.37. The molecule has 0 aliphatic rings. The fourth-order valence-electron chi connectivity index (χ4n) is 3.01. The second-order valence-electron chi connectivity index (χ2n) is 7.14. The number of para-hydroxylation sites is 2. The molecular formula is C22H27N3O2. The van der Waals surface area contributed by atoms with Gasteiger partial charge in [0.05, 0.1) is 17.6 Å². The topological polar surface area (TPSA) is 56.2 Å². The first-order valence-electron chi connectivity index (χ1n) is 9.47. The Morgan fingerprint density at radius 2 is 2.00 bits per heavy atom. The first-order chi connectivity index (χ1) is 13.0. The van der Waals surface area contributed by atoms with Gasteiger partial charge in [-0.05, 0) is 49.6 Å². The lowest BCUT2D eigenvalue weighted by Crippen LogP contribution is -2.25. The summed E-state index contributed by atoms with van der Waals surface area (Å²) in [6.45, 7) is 8.29. The van der Waals surface area contributed by atoms with Gasteiger partial charge < -0.3 is 14.6 Å². The first kappa shape index (κ1) is 19.0. The number of aromatic nitrogens is 2. The monoisotopic (exact) mass is 365 g/mol. The average Bonchev–Trinajstić information content (AvgIpc) is 2.99. The van der Waals surface area contributed by atoms with Gasteiger partial charge >= 0.3 is 0 Å². The number of benzene rings is 2. The van der Waals surface area contributed by atoms with Crippen LogP contribution in [0.1, 0.15) is 36.5 Å². The maximum Gasteiger partial charge on any atom is 0.251 e. The van der Waals surface area contributed by atoms with Crippen molar-refractivity contribution in [3.8, 4) is 5.75 Å². The molecular weight excluding hydrogens is 338 g/mol. The summed E-state index contributed by atoms with van der Waals surface area (Å²) in [6.07, 6.45) is 0.844. The highest BCUT2D eigenvalue weighted by atomic mass is 16.5. The molecule has 1 N–H and O–H groups in total. The van der Waals surface area contributed by atoms with Gasteiger partial charge in [-0.15, -0.1) is 0 Å². The van der Waals surface area contributed by atoms with Gasteiger partial charge in [0.15, 0.2) is 0 Å². The highest BCUT2D eigenvalue weighted by Crippen LogP contribution is 2.16. The molecule has 0 unspecified atom stereocenters. The number of hydrogen-bond donors (Lipinski definition) is 1. The summed E-state index contributed by atoms with van der Waals surface area (Å²) in [6, 6.07) is 15.5. The van der Waals surface area contributed by atoms with Crippen molar-refractivity contribution in [1.82, 2.24) is 14.9 Å². The second-order valence-corrected chi connectivity index (χ2v) is 7.14. The van der Waals surface area contributed by atoms with Crippen molar-refractivity contribution in [2.24, 2.45) is 5.92 Å². The molecule has 0 saturated carbocycles. The van der Waals surface area contributed by atoms with E-state index >= 15 is 0 Å². The minimum atomic E-state index is -0.0720. The summed E-state index contributed by atoms with van der Waals surface area (Å²) >= 11 is 0. The molecule has 0 fully saturated rings. The SMILES string of the molecule is Cc1nc2ccccc2n1CCCNC(=O)c1cccc(OCC(C)C)c1. The number of fused-ring (bicyclic) bond motifs is 1. The molecule has 0 radical (unpaired) electrons. The van der Waals surface area contributed by atoms with Crippen LogP contribution >= 0.6 is 0 Å². The van der Waals surface area contributed by atoms with Gasteiger partial charge in [0, 0.05) is 18.7 Å². The summed E-state index contributed by atoms with van der Waals surface area (Å²) in [4.78, 5) is 17.0. The van der Waals surface area contributed by atoms with E-state index < -0.39 is 0 Å². The van der Waals surface area contributed by atoms with Crippen LogP contribution in [-0.2, 0) is 6.54 Å². The van der Waals surface area contributed by atoms with Crippen molar-refractivity contribution in [3.05, 3.63) is 59.9 Å². The fraction of sp³-hybridized carbons (Fsp3) is 0.364. The molecule has 1 amide bonds. The summed E-state index contributed by atoms with van der Waals surface area (Å²) in [5.74, 6) is 2.11. The zero-order chi connectivity index (χ0) is 19.2. The largest absolute Gasteiger partial charge is 0.493 e. The Morgan fingerprint density at radius 3 is 2.81 bits per heavy atom. The van der Waals surface area contributed by atoms with E-state index in [0.29, 0.717) is 24.6 Å². The molecule has 0 spiro atoms. The van der Waals surface area contributed by atoms with E-state index in [2.05, 4.69) is 34.8 Å². The number of ether oxygens (including phenoxy) is 1. The molecule has 0 aliphatic heterocycles. The number of rotatable bonds is 8. The Bertz CT molecular complexity index is 915. The van der Waals surface area contributed by atoms with E-state index in [9.17, 15) is 4.79 Å². The van der Waals surface area contributed by atoms with Crippen LogP contribution in [0, 0.1) is 12.8 Å². The number of aryl methyl sites for hydroxylation is 2. The molecule has 0 saturated heterocycles. The zero-order valence-corrected chi connectivity index (χ0v) is 16.2. The minimum absolute atomic E-state index is 0.0720. The maximum absolute atomic E-state index is 12.4. The van der Waals surface area contributed by atoms with E-state index in [1.165, 1.54) is 0 Å². The van der Waals surface area contributed by atoms with E-state index in [4.69, 9.17) is 4.74 Å². The number of imidazole rings is 1. The van der Waals surface area contributed by atoms with Crippen molar-refractivity contribution in [2.75, 3.05) is 13.2 Å².